The predicted molar refractivity (Wildman–Crippen MR) is 82.6 cm³/mol. The molecule has 0 bridgehead atoms. The van der Waals surface area contributed by atoms with Crippen molar-refractivity contribution >= 4 is 5.97 Å². The molecule has 112 valence electrons. The van der Waals surface area contributed by atoms with E-state index < -0.39 is 5.97 Å². The highest BCUT2D eigenvalue weighted by atomic mass is 16.4. The summed E-state index contributed by atoms with van der Waals surface area (Å²) >= 11 is 0. The number of hydrogen-bond donors (Lipinski definition) is 1. The van der Waals surface area contributed by atoms with E-state index in [9.17, 15) is 4.79 Å². The summed E-state index contributed by atoms with van der Waals surface area (Å²) in [5.41, 5.74) is 5.24. The van der Waals surface area contributed by atoms with Gasteiger partial charge in [-0.15, -0.1) is 0 Å². The Morgan fingerprint density at radius 1 is 1.19 bits per heavy atom. The number of carboxylic acid groups (broad SMARTS) is 1. The minimum Gasteiger partial charge on any atom is -0.481 e. The second-order valence-corrected chi connectivity index (χ2v) is 5.29. The standard InChI is InChI=1S/C17H22N2O2/c1-4-15-14(10-17(20)21)16(5-2)19(18-15)11-13-8-6-12(3)7-9-13/h6-9H,4-5,10-11H2,1-3H3,(H,20,21). The molecule has 0 radical (unpaired) electrons. The minimum atomic E-state index is -0.797. The molecule has 2 rings (SSSR count). The van der Waals surface area contributed by atoms with Crippen LogP contribution in [0.2, 0.25) is 0 Å². The molecule has 21 heavy (non-hydrogen) atoms. The van der Waals surface area contributed by atoms with Crippen LogP contribution in [0, 0.1) is 6.92 Å². The first-order valence-electron chi connectivity index (χ1n) is 7.39. The molecule has 1 N–H and O–H groups in total. The molecule has 0 spiro atoms. The van der Waals surface area contributed by atoms with Crippen LogP contribution < -0.4 is 0 Å². The van der Waals surface area contributed by atoms with Crippen LogP contribution in [-0.2, 0) is 30.6 Å². The normalized spacial score (nSPS) is 10.8. The Labute approximate surface area is 125 Å². The van der Waals surface area contributed by atoms with Gasteiger partial charge in [-0.2, -0.15) is 5.10 Å². The van der Waals surface area contributed by atoms with Crippen LogP contribution in [0.5, 0.6) is 0 Å². The highest BCUT2D eigenvalue weighted by molar-refractivity contribution is 5.71. The van der Waals surface area contributed by atoms with Crippen LogP contribution in [0.3, 0.4) is 0 Å². The van der Waals surface area contributed by atoms with Gasteiger partial charge in [0.2, 0.25) is 0 Å². The third-order valence-electron chi connectivity index (χ3n) is 3.70. The van der Waals surface area contributed by atoms with Gasteiger partial charge in [0.05, 0.1) is 18.7 Å². The van der Waals surface area contributed by atoms with Crippen LogP contribution in [-0.4, -0.2) is 20.9 Å². The van der Waals surface area contributed by atoms with Gasteiger partial charge in [-0.05, 0) is 25.3 Å². The molecule has 1 aromatic heterocycles. The molecule has 0 aliphatic rings. The summed E-state index contributed by atoms with van der Waals surface area (Å²) in [6, 6.07) is 8.37. The lowest BCUT2D eigenvalue weighted by Gasteiger charge is -2.08. The maximum absolute atomic E-state index is 11.1. The average molecular weight is 286 g/mol. The monoisotopic (exact) mass is 286 g/mol. The van der Waals surface area contributed by atoms with Gasteiger partial charge in [-0.25, -0.2) is 0 Å². The Bertz CT molecular complexity index is 627. The van der Waals surface area contributed by atoms with Crippen molar-refractivity contribution < 1.29 is 9.90 Å². The first-order chi connectivity index (χ1) is 10.0. The first-order valence-corrected chi connectivity index (χ1v) is 7.39. The molecule has 0 aliphatic carbocycles. The summed E-state index contributed by atoms with van der Waals surface area (Å²) in [4.78, 5) is 11.1. The largest absolute Gasteiger partial charge is 0.481 e. The number of rotatable bonds is 6. The number of carboxylic acids is 1. The molecule has 0 aliphatic heterocycles. The molecule has 0 fully saturated rings. The van der Waals surface area contributed by atoms with Crippen molar-refractivity contribution in [1.82, 2.24) is 9.78 Å². The Kier molecular flexibility index (Phi) is 4.78. The van der Waals surface area contributed by atoms with Gasteiger partial charge in [-0.3, -0.25) is 9.48 Å². The van der Waals surface area contributed by atoms with Crippen LogP contribution in [0.15, 0.2) is 24.3 Å². The van der Waals surface area contributed by atoms with Crippen molar-refractivity contribution in [2.75, 3.05) is 0 Å². The summed E-state index contributed by atoms with van der Waals surface area (Å²) in [5.74, 6) is -0.797. The van der Waals surface area contributed by atoms with E-state index in [0.29, 0.717) is 6.54 Å². The number of aromatic nitrogens is 2. The zero-order chi connectivity index (χ0) is 15.4. The molecule has 1 heterocycles. The van der Waals surface area contributed by atoms with Crippen molar-refractivity contribution in [3.05, 3.63) is 52.3 Å². The smallest absolute Gasteiger partial charge is 0.307 e. The SMILES string of the molecule is CCc1nn(Cc2ccc(C)cc2)c(CC)c1CC(=O)O. The fourth-order valence-electron chi connectivity index (χ4n) is 2.62. The minimum absolute atomic E-state index is 0.0558. The van der Waals surface area contributed by atoms with Crippen LogP contribution in [0.25, 0.3) is 0 Å². The lowest BCUT2D eigenvalue weighted by molar-refractivity contribution is -0.136. The van der Waals surface area contributed by atoms with Crippen molar-refractivity contribution in [2.45, 2.75) is 46.6 Å². The zero-order valence-electron chi connectivity index (χ0n) is 12.9. The highest BCUT2D eigenvalue weighted by Crippen LogP contribution is 2.19. The average Bonchev–Trinajstić information content (AvgIpc) is 2.77. The third-order valence-corrected chi connectivity index (χ3v) is 3.70. The van der Waals surface area contributed by atoms with E-state index in [-0.39, 0.29) is 6.42 Å². The first kappa shape index (κ1) is 15.3. The van der Waals surface area contributed by atoms with Gasteiger partial charge in [0, 0.05) is 11.3 Å². The summed E-state index contributed by atoms with van der Waals surface area (Å²) in [7, 11) is 0. The van der Waals surface area contributed by atoms with Crippen molar-refractivity contribution in [2.24, 2.45) is 0 Å². The molecule has 0 saturated heterocycles. The number of aliphatic carboxylic acids is 1. The summed E-state index contributed by atoms with van der Waals surface area (Å²) in [5, 5.41) is 13.7. The molecule has 0 amide bonds. The Balaban J connectivity index is 2.36. The van der Waals surface area contributed by atoms with E-state index >= 15 is 0 Å². The number of carbonyl (C=O) groups is 1. The van der Waals surface area contributed by atoms with Crippen LogP contribution >= 0.6 is 0 Å². The highest BCUT2D eigenvalue weighted by Gasteiger charge is 2.17. The van der Waals surface area contributed by atoms with Crippen LogP contribution in [0.1, 0.15) is 41.9 Å². The summed E-state index contributed by atoms with van der Waals surface area (Å²) in [6.45, 7) is 6.82. The Morgan fingerprint density at radius 2 is 1.86 bits per heavy atom. The molecule has 0 atom stereocenters. The van der Waals surface area contributed by atoms with E-state index in [1.165, 1.54) is 11.1 Å². The topological polar surface area (TPSA) is 55.1 Å². The molecule has 2 aromatic rings. The number of aryl methyl sites for hydroxylation is 2. The molecule has 0 unspecified atom stereocenters. The van der Waals surface area contributed by atoms with E-state index in [4.69, 9.17) is 5.11 Å². The van der Waals surface area contributed by atoms with Gasteiger partial charge in [-0.1, -0.05) is 43.7 Å². The molecule has 4 nitrogen and oxygen atoms in total. The maximum atomic E-state index is 11.1. The Hall–Kier alpha value is -2.10. The number of nitrogens with zero attached hydrogens (tertiary/aromatic N) is 2. The molecule has 0 saturated carbocycles. The summed E-state index contributed by atoms with van der Waals surface area (Å²) < 4.78 is 1.96. The summed E-state index contributed by atoms with van der Waals surface area (Å²) in [6.07, 6.45) is 1.61. The van der Waals surface area contributed by atoms with Gasteiger partial charge >= 0.3 is 5.97 Å². The second kappa shape index (κ2) is 6.57. The predicted octanol–water partition coefficient (Wildman–Crippen LogP) is 2.99. The quantitative estimate of drug-likeness (QED) is 0.888. The van der Waals surface area contributed by atoms with Gasteiger partial charge < -0.3 is 5.11 Å². The fraction of sp³-hybridized carbons (Fsp3) is 0.412. The lowest BCUT2D eigenvalue weighted by Crippen LogP contribution is -2.08. The van der Waals surface area contributed by atoms with E-state index in [0.717, 1.165) is 29.8 Å². The number of benzene rings is 1. The second-order valence-electron chi connectivity index (χ2n) is 5.29. The maximum Gasteiger partial charge on any atom is 0.307 e. The van der Waals surface area contributed by atoms with Crippen LogP contribution in [0.4, 0.5) is 0 Å². The molecular formula is C17H22N2O2. The molecule has 4 heteroatoms. The van der Waals surface area contributed by atoms with Crippen molar-refractivity contribution in [1.29, 1.82) is 0 Å². The van der Waals surface area contributed by atoms with Gasteiger partial charge in [0.15, 0.2) is 0 Å². The van der Waals surface area contributed by atoms with Gasteiger partial charge in [0.1, 0.15) is 0 Å². The molecular weight excluding hydrogens is 264 g/mol. The number of hydrogen-bond acceptors (Lipinski definition) is 2. The zero-order valence-corrected chi connectivity index (χ0v) is 12.9. The van der Waals surface area contributed by atoms with E-state index in [2.05, 4.69) is 36.3 Å². The van der Waals surface area contributed by atoms with E-state index in [1.807, 2.05) is 18.5 Å². The fourth-order valence-corrected chi connectivity index (χ4v) is 2.62. The molecule has 1 aromatic carbocycles. The third kappa shape index (κ3) is 3.51. The van der Waals surface area contributed by atoms with Crippen molar-refractivity contribution in [3.8, 4) is 0 Å². The lowest BCUT2D eigenvalue weighted by atomic mass is 10.1. The van der Waals surface area contributed by atoms with Crippen molar-refractivity contribution in [3.63, 3.8) is 0 Å². The Morgan fingerprint density at radius 3 is 2.38 bits per heavy atom. The van der Waals surface area contributed by atoms with Gasteiger partial charge in [0.25, 0.3) is 0 Å². The van der Waals surface area contributed by atoms with E-state index in [1.54, 1.807) is 0 Å².